The van der Waals surface area contributed by atoms with Gasteiger partial charge in [0.05, 0.1) is 12.2 Å². The number of aromatic nitrogens is 1. The molecule has 22 heavy (non-hydrogen) atoms. The van der Waals surface area contributed by atoms with Crippen molar-refractivity contribution in [1.82, 2.24) is 15.2 Å². The molecule has 2 aromatic rings. The average molecular weight is 299 g/mol. The summed E-state index contributed by atoms with van der Waals surface area (Å²) in [6.45, 7) is 3.91. The maximum Gasteiger partial charge on any atom is 0.325 e. The molecule has 3 amide bonds. The molecule has 3 rings (SSSR count). The van der Waals surface area contributed by atoms with E-state index >= 15 is 0 Å². The molecule has 1 atom stereocenters. The third-order valence-corrected chi connectivity index (χ3v) is 3.62. The maximum absolute atomic E-state index is 12.2. The smallest absolute Gasteiger partial charge is 0.325 e. The van der Waals surface area contributed by atoms with Crippen LogP contribution in [-0.4, -0.2) is 27.9 Å². The molecule has 1 saturated heterocycles. The second kappa shape index (κ2) is 5.63. The van der Waals surface area contributed by atoms with Gasteiger partial charge in [0.2, 0.25) is 5.89 Å². The lowest BCUT2D eigenvalue weighted by Crippen LogP contribution is -2.34. The van der Waals surface area contributed by atoms with Gasteiger partial charge in [-0.25, -0.2) is 9.78 Å². The molecule has 6 nitrogen and oxygen atoms in total. The lowest BCUT2D eigenvalue weighted by molar-refractivity contribution is -0.128. The minimum absolute atomic E-state index is 0.0543. The van der Waals surface area contributed by atoms with E-state index in [0.717, 1.165) is 5.56 Å². The van der Waals surface area contributed by atoms with Crippen molar-refractivity contribution in [2.45, 2.75) is 26.4 Å². The third-order valence-electron chi connectivity index (χ3n) is 3.62. The van der Waals surface area contributed by atoms with Crippen molar-refractivity contribution in [3.63, 3.8) is 0 Å². The van der Waals surface area contributed by atoms with Gasteiger partial charge in [-0.2, -0.15) is 0 Å². The Hall–Kier alpha value is -2.63. The lowest BCUT2D eigenvalue weighted by Gasteiger charge is -2.12. The van der Waals surface area contributed by atoms with Gasteiger partial charge in [-0.3, -0.25) is 9.69 Å². The van der Waals surface area contributed by atoms with E-state index in [2.05, 4.69) is 10.3 Å². The summed E-state index contributed by atoms with van der Waals surface area (Å²) in [4.78, 5) is 29.7. The van der Waals surface area contributed by atoms with E-state index < -0.39 is 6.04 Å². The van der Waals surface area contributed by atoms with E-state index in [9.17, 15) is 9.59 Å². The summed E-state index contributed by atoms with van der Waals surface area (Å²) in [7, 11) is 0. The van der Waals surface area contributed by atoms with Crippen molar-refractivity contribution in [1.29, 1.82) is 0 Å². The highest BCUT2D eigenvalue weighted by Gasteiger charge is 2.39. The maximum atomic E-state index is 12.2. The first kappa shape index (κ1) is 14.3. The zero-order valence-electron chi connectivity index (χ0n) is 12.4. The van der Waals surface area contributed by atoms with Crippen LogP contribution in [0.3, 0.4) is 0 Å². The molecule has 1 N–H and O–H groups in total. The summed E-state index contributed by atoms with van der Waals surface area (Å²) in [6.07, 6.45) is 1.48. The predicted octanol–water partition coefficient (Wildman–Crippen LogP) is 2.42. The molecule has 0 aliphatic carbocycles. The van der Waals surface area contributed by atoms with E-state index in [1.165, 1.54) is 11.2 Å². The van der Waals surface area contributed by atoms with Gasteiger partial charge in [0.25, 0.3) is 5.91 Å². The van der Waals surface area contributed by atoms with Crippen LogP contribution in [0.15, 0.2) is 41.0 Å². The Morgan fingerprint density at radius 3 is 2.64 bits per heavy atom. The number of oxazole rings is 1. The van der Waals surface area contributed by atoms with Gasteiger partial charge >= 0.3 is 6.03 Å². The number of hydrogen-bond donors (Lipinski definition) is 1. The summed E-state index contributed by atoms with van der Waals surface area (Å²) in [6, 6.07) is 8.62. The molecule has 114 valence electrons. The summed E-state index contributed by atoms with van der Waals surface area (Å²) in [5.41, 5.74) is 1.40. The standard InChI is InChI=1S/C16H17N3O3/c1-10(2)13-15(20)19(16(21)18-13)8-12-9-22-14(17-12)11-6-4-3-5-7-11/h3-7,9-10,13H,8H2,1-2H3,(H,18,21)/t13-/m1/s1. The van der Waals surface area contributed by atoms with E-state index in [4.69, 9.17) is 4.42 Å². The fourth-order valence-electron chi connectivity index (χ4n) is 2.40. The monoisotopic (exact) mass is 299 g/mol. The molecule has 0 radical (unpaired) electrons. The number of benzene rings is 1. The molecule has 0 unspecified atom stereocenters. The minimum Gasteiger partial charge on any atom is -0.444 e. The SMILES string of the molecule is CC(C)[C@H]1NC(=O)N(Cc2coc(-c3ccccc3)n2)C1=O. The van der Waals surface area contributed by atoms with Crippen molar-refractivity contribution in [3.8, 4) is 11.5 Å². The van der Waals surface area contributed by atoms with Crippen molar-refractivity contribution in [3.05, 3.63) is 42.3 Å². The van der Waals surface area contributed by atoms with Crippen molar-refractivity contribution in [2.75, 3.05) is 0 Å². The topological polar surface area (TPSA) is 75.4 Å². The molecule has 0 spiro atoms. The van der Waals surface area contributed by atoms with Crippen LogP contribution < -0.4 is 5.32 Å². The molecule has 1 aliphatic rings. The largest absolute Gasteiger partial charge is 0.444 e. The van der Waals surface area contributed by atoms with Gasteiger partial charge in [0.15, 0.2) is 0 Å². The molecule has 1 fully saturated rings. The molecule has 6 heteroatoms. The van der Waals surface area contributed by atoms with Crippen LogP contribution in [0, 0.1) is 5.92 Å². The number of nitrogens with zero attached hydrogens (tertiary/aromatic N) is 2. The van der Waals surface area contributed by atoms with Crippen LogP contribution in [0.4, 0.5) is 4.79 Å². The second-order valence-corrected chi connectivity index (χ2v) is 5.61. The van der Waals surface area contributed by atoms with Gasteiger partial charge in [-0.15, -0.1) is 0 Å². The van der Waals surface area contributed by atoms with Crippen molar-refractivity contribution >= 4 is 11.9 Å². The lowest BCUT2D eigenvalue weighted by atomic mass is 10.1. The zero-order chi connectivity index (χ0) is 15.7. The van der Waals surface area contributed by atoms with Crippen LogP contribution in [0.25, 0.3) is 11.5 Å². The molecule has 2 heterocycles. The quantitative estimate of drug-likeness (QED) is 0.880. The summed E-state index contributed by atoms with van der Waals surface area (Å²) in [5, 5.41) is 2.69. The highest BCUT2D eigenvalue weighted by molar-refractivity contribution is 6.04. The van der Waals surface area contributed by atoms with Crippen molar-refractivity contribution in [2.24, 2.45) is 5.92 Å². The highest BCUT2D eigenvalue weighted by Crippen LogP contribution is 2.20. The van der Waals surface area contributed by atoms with E-state index in [-0.39, 0.29) is 24.4 Å². The first-order chi connectivity index (χ1) is 10.6. The Labute approximate surface area is 128 Å². The number of carbonyl (C=O) groups is 2. The number of carbonyl (C=O) groups excluding carboxylic acids is 2. The summed E-state index contributed by atoms with van der Waals surface area (Å²) < 4.78 is 5.42. The van der Waals surface area contributed by atoms with E-state index in [0.29, 0.717) is 11.6 Å². The molecule has 1 aromatic heterocycles. The summed E-state index contributed by atoms with van der Waals surface area (Å²) in [5.74, 6) is 0.311. The molecule has 0 saturated carbocycles. The summed E-state index contributed by atoms with van der Waals surface area (Å²) >= 11 is 0. The number of imide groups is 1. The molecular weight excluding hydrogens is 282 g/mol. The number of rotatable bonds is 4. The first-order valence-corrected chi connectivity index (χ1v) is 7.18. The van der Waals surface area contributed by atoms with Crippen LogP contribution in [-0.2, 0) is 11.3 Å². The Morgan fingerprint density at radius 2 is 2.00 bits per heavy atom. The van der Waals surface area contributed by atoms with Crippen LogP contribution in [0.2, 0.25) is 0 Å². The number of nitrogens with one attached hydrogen (secondary N) is 1. The average Bonchev–Trinajstić information content (AvgIpc) is 3.08. The van der Waals surface area contributed by atoms with E-state index in [1.54, 1.807) is 0 Å². The highest BCUT2D eigenvalue weighted by atomic mass is 16.3. The van der Waals surface area contributed by atoms with Gasteiger partial charge in [0.1, 0.15) is 12.3 Å². The van der Waals surface area contributed by atoms with Gasteiger partial charge < -0.3 is 9.73 Å². The van der Waals surface area contributed by atoms with Gasteiger partial charge in [0, 0.05) is 5.56 Å². The van der Waals surface area contributed by atoms with Crippen LogP contribution >= 0.6 is 0 Å². The molecule has 1 aromatic carbocycles. The number of hydrogen-bond acceptors (Lipinski definition) is 4. The Kier molecular flexibility index (Phi) is 3.66. The fourth-order valence-corrected chi connectivity index (χ4v) is 2.40. The van der Waals surface area contributed by atoms with Gasteiger partial charge in [-0.05, 0) is 18.1 Å². The third kappa shape index (κ3) is 2.59. The number of amides is 3. The van der Waals surface area contributed by atoms with Crippen molar-refractivity contribution < 1.29 is 14.0 Å². The molecule has 0 bridgehead atoms. The van der Waals surface area contributed by atoms with Crippen LogP contribution in [0.1, 0.15) is 19.5 Å². The Balaban J connectivity index is 1.76. The fraction of sp³-hybridized carbons (Fsp3) is 0.312. The number of urea groups is 1. The molecule has 1 aliphatic heterocycles. The van der Waals surface area contributed by atoms with Crippen LogP contribution in [0.5, 0.6) is 0 Å². The predicted molar refractivity (Wildman–Crippen MR) is 79.6 cm³/mol. The Morgan fingerprint density at radius 1 is 1.27 bits per heavy atom. The van der Waals surface area contributed by atoms with Gasteiger partial charge in [-0.1, -0.05) is 32.0 Å². The Bertz CT molecular complexity index is 694. The molecular formula is C16H17N3O3. The minimum atomic E-state index is -0.465. The first-order valence-electron chi connectivity index (χ1n) is 7.18. The second-order valence-electron chi connectivity index (χ2n) is 5.61. The zero-order valence-corrected chi connectivity index (χ0v) is 12.4. The van der Waals surface area contributed by atoms with E-state index in [1.807, 2.05) is 44.2 Å². The normalized spacial score (nSPS) is 18.1.